The summed E-state index contributed by atoms with van der Waals surface area (Å²) in [5.41, 5.74) is 9.90. The lowest BCUT2D eigenvalue weighted by Gasteiger charge is -2.20. The largest absolute Gasteiger partial charge is 0.477 e. The predicted molar refractivity (Wildman–Crippen MR) is 225 cm³/mol. The molecular weight excluding hydrogens is 763 g/mol. The van der Waals surface area contributed by atoms with E-state index in [9.17, 15) is 4.79 Å². The van der Waals surface area contributed by atoms with Crippen LogP contribution in [0.2, 0.25) is 0 Å². The third kappa shape index (κ3) is 12.0. The number of nitrogens with one attached hydrogen (secondary N) is 2. The van der Waals surface area contributed by atoms with E-state index in [4.69, 9.17) is 23.1 Å². The Balaban J connectivity index is 0.000000158. The molecule has 0 spiro atoms. The zero-order valence-corrected chi connectivity index (χ0v) is 33.0. The number of benzene rings is 2. The van der Waals surface area contributed by atoms with E-state index in [0.717, 1.165) is 76.7 Å². The summed E-state index contributed by atoms with van der Waals surface area (Å²) in [6.07, 6.45) is 10.3. The van der Waals surface area contributed by atoms with Crippen LogP contribution in [0.25, 0.3) is 20.1 Å². The minimum absolute atomic E-state index is 0.246. The standard InChI is InChI=1S/C16H12N4S2.C11H10N2O2S.C10H15N3S2/c1-2-4-11(5-3-1)8-18-16-19-10-14(22-16)15-20-12-6-7-17-9-13(12)21-15;14-10(15)9-7-13-11(16-9)12-6-8-4-2-1-3-5-8;1-3-13(4-2)10(14)15-9-7-12-6-5-8(9)11/h1-7,9-10H,8H2,(H,18,19);1-5,7H,6H2,(H,12,13)(H,14,15);5-7H,3-4H2,1-2H3,(H2,11,12). The van der Waals surface area contributed by atoms with Crippen LogP contribution in [-0.4, -0.2) is 58.3 Å². The highest BCUT2D eigenvalue weighted by Crippen LogP contribution is 2.34. The number of aromatic carboxylic acids is 1. The fraction of sp³-hybridized carbons (Fsp3) is 0.162. The molecule has 11 nitrogen and oxygen atoms in total. The molecule has 53 heavy (non-hydrogen) atoms. The number of hydrogen-bond donors (Lipinski definition) is 4. The number of rotatable bonds is 11. The van der Waals surface area contributed by atoms with E-state index >= 15 is 0 Å². The second-order valence-electron chi connectivity index (χ2n) is 10.9. The van der Waals surface area contributed by atoms with Gasteiger partial charge in [-0.05, 0) is 37.1 Å². The Kier molecular flexibility index (Phi) is 15.0. The van der Waals surface area contributed by atoms with Gasteiger partial charge in [-0.2, -0.15) is 0 Å². The summed E-state index contributed by atoms with van der Waals surface area (Å²) in [4.78, 5) is 36.2. The number of thioether (sulfide) groups is 1. The van der Waals surface area contributed by atoms with Crippen molar-refractivity contribution >= 4 is 94.4 Å². The van der Waals surface area contributed by atoms with Crippen LogP contribution in [0.3, 0.4) is 0 Å². The molecule has 0 aliphatic carbocycles. The number of pyridine rings is 2. The number of nitrogen functional groups attached to an aromatic ring is 1. The van der Waals surface area contributed by atoms with Crippen LogP contribution in [-0.2, 0) is 13.1 Å². The maximum Gasteiger partial charge on any atom is 0.347 e. The normalized spacial score (nSPS) is 10.4. The molecule has 7 rings (SSSR count). The van der Waals surface area contributed by atoms with Crippen molar-refractivity contribution in [2.45, 2.75) is 31.8 Å². The topological polar surface area (TPSA) is 155 Å². The van der Waals surface area contributed by atoms with Crippen LogP contribution < -0.4 is 16.4 Å². The summed E-state index contributed by atoms with van der Waals surface area (Å²) in [5.74, 6) is -0.940. The molecule has 0 radical (unpaired) electrons. The Morgan fingerprint density at radius 1 is 0.811 bits per heavy atom. The highest BCUT2D eigenvalue weighted by molar-refractivity contribution is 8.23. The van der Waals surface area contributed by atoms with E-state index in [1.165, 1.54) is 23.5 Å². The number of fused-ring (bicyclic) bond motifs is 1. The fourth-order valence-corrected chi connectivity index (χ4v) is 8.30. The summed E-state index contributed by atoms with van der Waals surface area (Å²) < 4.78 is 1.95. The van der Waals surface area contributed by atoms with E-state index in [0.29, 0.717) is 11.7 Å². The molecule has 0 unspecified atom stereocenters. The summed E-state index contributed by atoms with van der Waals surface area (Å²) >= 11 is 11.2. The molecule has 5 aromatic heterocycles. The second kappa shape index (κ2) is 20.3. The van der Waals surface area contributed by atoms with E-state index < -0.39 is 5.97 Å². The van der Waals surface area contributed by atoms with Crippen LogP contribution in [0.15, 0.2) is 115 Å². The van der Waals surface area contributed by atoms with Crippen LogP contribution in [0, 0.1) is 0 Å². The number of carboxylic acid groups (broad SMARTS) is 1. The zero-order chi connectivity index (χ0) is 37.4. The molecule has 5 heterocycles. The monoisotopic (exact) mass is 799 g/mol. The van der Waals surface area contributed by atoms with Gasteiger partial charge in [0.05, 0.1) is 32.4 Å². The molecule has 0 aliphatic rings. The highest BCUT2D eigenvalue weighted by atomic mass is 32.2. The van der Waals surface area contributed by atoms with Gasteiger partial charge in [-0.3, -0.25) is 9.97 Å². The van der Waals surface area contributed by atoms with Crippen LogP contribution in [0.4, 0.5) is 16.0 Å². The average molecular weight is 800 g/mol. The lowest BCUT2D eigenvalue weighted by atomic mass is 10.2. The highest BCUT2D eigenvalue weighted by Gasteiger charge is 2.11. The lowest BCUT2D eigenvalue weighted by molar-refractivity contribution is 0.0702. The van der Waals surface area contributed by atoms with E-state index in [1.807, 2.05) is 67.0 Å². The smallest absolute Gasteiger partial charge is 0.347 e. The number of carboxylic acids is 1. The van der Waals surface area contributed by atoms with Gasteiger partial charge in [-0.15, -0.1) is 11.3 Å². The quantitative estimate of drug-likeness (QED) is 0.0727. The third-order valence-electron chi connectivity index (χ3n) is 7.23. The second-order valence-corrected chi connectivity index (χ2v) is 15.6. The average Bonchev–Trinajstić information content (AvgIpc) is 3.96. The minimum Gasteiger partial charge on any atom is -0.477 e. The SMILES string of the molecule is CCN(CC)C(=S)Sc1cnccc1N.O=C(O)c1cnc(NCc2ccccc2)s1.c1ccc(CNc2ncc(-c3nc4ccncc4s3)s2)cc1. The summed E-state index contributed by atoms with van der Waals surface area (Å²) in [6, 6.07) is 23.9. The van der Waals surface area contributed by atoms with Gasteiger partial charge >= 0.3 is 5.97 Å². The summed E-state index contributed by atoms with van der Waals surface area (Å²) in [6.45, 7) is 7.43. The van der Waals surface area contributed by atoms with Crippen molar-refractivity contribution in [1.29, 1.82) is 0 Å². The van der Waals surface area contributed by atoms with Crippen molar-refractivity contribution in [3.8, 4) is 9.88 Å². The first-order valence-corrected chi connectivity index (χ1v) is 20.1. The molecule has 0 saturated carbocycles. The van der Waals surface area contributed by atoms with Crippen molar-refractivity contribution in [2.24, 2.45) is 0 Å². The number of nitrogens with two attached hydrogens (primary N) is 1. The first kappa shape index (κ1) is 39.2. The number of anilines is 3. The number of thiocarbonyl (C=S) groups is 1. The van der Waals surface area contributed by atoms with Gasteiger partial charge < -0.3 is 26.4 Å². The molecular formula is C37H37N9O2S5. The zero-order valence-electron chi connectivity index (χ0n) is 28.9. The number of carbonyl (C=O) groups is 1. The number of thiazole rings is 3. The Bertz CT molecular complexity index is 2160. The van der Waals surface area contributed by atoms with E-state index in [-0.39, 0.29) is 4.88 Å². The van der Waals surface area contributed by atoms with Crippen molar-refractivity contribution in [2.75, 3.05) is 29.5 Å². The summed E-state index contributed by atoms with van der Waals surface area (Å²) in [5, 5.41) is 17.7. The van der Waals surface area contributed by atoms with Crippen LogP contribution in [0.5, 0.6) is 0 Å². The van der Waals surface area contributed by atoms with E-state index in [1.54, 1.807) is 47.3 Å². The maximum absolute atomic E-state index is 10.6. The van der Waals surface area contributed by atoms with Crippen LogP contribution in [0.1, 0.15) is 34.6 Å². The molecule has 2 aromatic carbocycles. The number of nitrogens with zero attached hydrogens (tertiary/aromatic N) is 6. The number of aromatic nitrogens is 5. The van der Waals surface area contributed by atoms with Crippen molar-refractivity contribution in [1.82, 2.24) is 29.8 Å². The van der Waals surface area contributed by atoms with Crippen molar-refractivity contribution in [3.05, 3.63) is 126 Å². The predicted octanol–water partition coefficient (Wildman–Crippen LogP) is 9.26. The fourth-order valence-electron chi connectivity index (χ4n) is 4.46. The lowest BCUT2D eigenvalue weighted by Crippen LogP contribution is -2.26. The molecule has 7 aromatic rings. The third-order valence-corrected chi connectivity index (χ3v) is 11.8. The molecule has 0 aliphatic heterocycles. The van der Waals surface area contributed by atoms with Crippen molar-refractivity contribution in [3.63, 3.8) is 0 Å². The maximum atomic E-state index is 10.6. The molecule has 5 N–H and O–H groups in total. The van der Waals surface area contributed by atoms with E-state index in [2.05, 4.69) is 66.4 Å². The molecule has 0 amide bonds. The van der Waals surface area contributed by atoms with Crippen molar-refractivity contribution < 1.29 is 9.90 Å². The van der Waals surface area contributed by atoms with Gasteiger partial charge in [-0.1, -0.05) is 107 Å². The first-order valence-electron chi connectivity index (χ1n) is 16.4. The minimum atomic E-state index is -0.940. The Morgan fingerprint density at radius 2 is 1.42 bits per heavy atom. The molecule has 0 atom stereocenters. The van der Waals surface area contributed by atoms with Gasteiger partial charge in [0.1, 0.15) is 14.2 Å². The molecule has 272 valence electrons. The molecule has 0 saturated heterocycles. The summed E-state index contributed by atoms with van der Waals surface area (Å²) in [7, 11) is 0. The Morgan fingerprint density at radius 3 is 2.00 bits per heavy atom. The van der Waals surface area contributed by atoms with Gasteiger partial charge in [0.15, 0.2) is 10.3 Å². The first-order chi connectivity index (χ1) is 25.8. The number of hydrogen-bond acceptors (Lipinski definition) is 14. The molecule has 0 bridgehead atoms. The molecule has 0 fully saturated rings. The van der Waals surface area contributed by atoms with Crippen LogP contribution >= 0.6 is 58.0 Å². The Hall–Kier alpha value is -5.00. The van der Waals surface area contributed by atoms with Gasteiger partial charge in [-0.25, -0.2) is 19.7 Å². The Labute approximate surface area is 329 Å². The van der Waals surface area contributed by atoms with Gasteiger partial charge in [0.2, 0.25) is 0 Å². The molecule has 16 heteroatoms. The van der Waals surface area contributed by atoms with Gasteiger partial charge in [0.25, 0.3) is 0 Å². The van der Waals surface area contributed by atoms with Gasteiger partial charge in [0, 0.05) is 56.7 Å².